The van der Waals surface area contributed by atoms with Crippen molar-refractivity contribution in [1.29, 1.82) is 0 Å². The number of likely N-dealkylation sites (N-methyl/N-ethyl adjacent to an activating group) is 1. The largest absolute Gasteiger partial charge is 0.390 e. The van der Waals surface area contributed by atoms with Crippen LogP contribution in [0.25, 0.3) is 0 Å². The van der Waals surface area contributed by atoms with Crippen LogP contribution in [-0.2, 0) is 4.79 Å². The fourth-order valence-electron chi connectivity index (χ4n) is 3.78. The van der Waals surface area contributed by atoms with Crippen LogP contribution in [0.2, 0.25) is 0 Å². The molecule has 1 aliphatic carbocycles. The molecular weight excluding hydrogens is 371 g/mol. The number of nitrogens with zero attached hydrogens (tertiary/aromatic N) is 2. The molecule has 1 heterocycles. The van der Waals surface area contributed by atoms with Gasteiger partial charge in [0.2, 0.25) is 5.91 Å². The second kappa shape index (κ2) is 8.05. The lowest BCUT2D eigenvalue weighted by atomic mass is 9.77. The normalized spacial score (nSPS) is 30.2. The number of thiocarbonyl (C=S) groups is 1. The van der Waals surface area contributed by atoms with Crippen LogP contribution in [0.3, 0.4) is 0 Å². The lowest BCUT2D eigenvalue weighted by Gasteiger charge is -2.41. The van der Waals surface area contributed by atoms with E-state index in [2.05, 4.69) is 10.6 Å². The van der Waals surface area contributed by atoms with Gasteiger partial charge in [0.25, 0.3) is 0 Å². The van der Waals surface area contributed by atoms with Crippen molar-refractivity contribution in [2.75, 3.05) is 32.1 Å². The molecule has 5 unspecified atom stereocenters. The van der Waals surface area contributed by atoms with Crippen LogP contribution in [0.15, 0.2) is 24.3 Å². The van der Waals surface area contributed by atoms with E-state index in [0.717, 1.165) is 0 Å². The first-order valence-corrected chi connectivity index (χ1v) is 9.34. The summed E-state index contributed by atoms with van der Waals surface area (Å²) in [6.45, 7) is 1.17. The number of fused-ring (bicyclic) bond motifs is 1. The number of aliphatic hydroxyl groups excluding tert-OH is 2. The number of benzene rings is 1. The van der Waals surface area contributed by atoms with E-state index < -0.39 is 30.2 Å². The van der Waals surface area contributed by atoms with Gasteiger partial charge in [-0.05, 0) is 57.0 Å². The van der Waals surface area contributed by atoms with Gasteiger partial charge in [-0.2, -0.15) is 0 Å². The Labute approximate surface area is 163 Å². The highest BCUT2D eigenvalue weighted by Crippen LogP contribution is 2.36. The molecule has 1 aromatic rings. The summed E-state index contributed by atoms with van der Waals surface area (Å²) in [6, 6.07) is 4.77. The zero-order chi connectivity index (χ0) is 19.7. The summed E-state index contributed by atoms with van der Waals surface area (Å²) < 4.78 is 13.3. The Morgan fingerprint density at radius 2 is 2.04 bits per heavy atom. The van der Waals surface area contributed by atoms with Gasteiger partial charge in [0.15, 0.2) is 5.11 Å². The smallest absolute Gasteiger partial charge is 0.225 e. The average molecular weight is 396 g/mol. The van der Waals surface area contributed by atoms with Crippen LogP contribution in [-0.4, -0.2) is 77.6 Å². The van der Waals surface area contributed by atoms with E-state index in [4.69, 9.17) is 12.2 Å². The SMILES string of the molecule is CN(C)CCNC(=O)C1CC(O)C(O)C2NC(=S)N(c3ccc(F)cc3)C12. The number of hydrogen-bond acceptors (Lipinski definition) is 5. The average Bonchev–Trinajstić information content (AvgIpc) is 2.96. The zero-order valence-corrected chi connectivity index (χ0v) is 16.1. The quantitative estimate of drug-likeness (QED) is 0.507. The lowest BCUT2D eigenvalue weighted by molar-refractivity contribution is -0.131. The highest BCUT2D eigenvalue weighted by molar-refractivity contribution is 7.80. The summed E-state index contributed by atoms with van der Waals surface area (Å²) in [5.41, 5.74) is 0.635. The van der Waals surface area contributed by atoms with Gasteiger partial charge < -0.3 is 30.6 Å². The molecule has 1 saturated heterocycles. The highest BCUT2D eigenvalue weighted by Gasteiger charge is 2.53. The van der Waals surface area contributed by atoms with E-state index in [1.54, 1.807) is 17.0 Å². The van der Waals surface area contributed by atoms with Gasteiger partial charge in [-0.3, -0.25) is 4.79 Å². The predicted octanol–water partition coefficient (Wildman–Crippen LogP) is -0.323. The van der Waals surface area contributed by atoms with Gasteiger partial charge in [0, 0.05) is 18.8 Å². The van der Waals surface area contributed by atoms with Crippen LogP contribution in [0.5, 0.6) is 0 Å². The van der Waals surface area contributed by atoms with Gasteiger partial charge >= 0.3 is 0 Å². The molecule has 1 amide bonds. The molecule has 2 fully saturated rings. The van der Waals surface area contributed by atoms with E-state index in [-0.39, 0.29) is 18.1 Å². The molecule has 2 aliphatic rings. The van der Waals surface area contributed by atoms with Crippen molar-refractivity contribution in [2.24, 2.45) is 5.92 Å². The monoisotopic (exact) mass is 396 g/mol. The number of amides is 1. The summed E-state index contributed by atoms with van der Waals surface area (Å²) in [5, 5.41) is 26.9. The fraction of sp³-hybridized carbons (Fsp3) is 0.556. The first-order valence-electron chi connectivity index (χ1n) is 8.93. The molecule has 1 saturated carbocycles. The Morgan fingerprint density at radius 3 is 2.67 bits per heavy atom. The number of anilines is 1. The van der Waals surface area contributed by atoms with E-state index >= 15 is 0 Å². The minimum atomic E-state index is -1.05. The van der Waals surface area contributed by atoms with Crippen molar-refractivity contribution in [3.63, 3.8) is 0 Å². The molecule has 1 aromatic carbocycles. The summed E-state index contributed by atoms with van der Waals surface area (Å²) in [4.78, 5) is 16.5. The molecule has 148 valence electrons. The van der Waals surface area contributed by atoms with Crippen LogP contribution in [0.1, 0.15) is 6.42 Å². The lowest BCUT2D eigenvalue weighted by Crippen LogP contribution is -2.61. The molecular formula is C18H25FN4O3S. The first kappa shape index (κ1) is 19.9. The van der Waals surface area contributed by atoms with E-state index in [1.807, 2.05) is 19.0 Å². The van der Waals surface area contributed by atoms with Crippen LogP contribution < -0.4 is 15.5 Å². The summed E-state index contributed by atoms with van der Waals surface area (Å²) in [7, 11) is 3.83. The molecule has 1 aliphatic heterocycles. The topological polar surface area (TPSA) is 88.1 Å². The molecule has 27 heavy (non-hydrogen) atoms. The number of rotatable bonds is 5. The number of halogens is 1. The Bertz CT molecular complexity index is 702. The number of aliphatic hydroxyl groups is 2. The molecule has 4 N–H and O–H groups in total. The van der Waals surface area contributed by atoms with Crippen molar-refractivity contribution in [2.45, 2.75) is 30.7 Å². The van der Waals surface area contributed by atoms with Crippen molar-refractivity contribution >= 4 is 28.9 Å². The van der Waals surface area contributed by atoms with Crippen molar-refractivity contribution in [1.82, 2.24) is 15.5 Å². The molecule has 3 rings (SSSR count). The number of carbonyl (C=O) groups excluding carboxylic acids is 1. The van der Waals surface area contributed by atoms with Crippen LogP contribution in [0.4, 0.5) is 10.1 Å². The summed E-state index contributed by atoms with van der Waals surface area (Å²) in [6.07, 6.45) is -1.96. The molecule has 0 radical (unpaired) electrons. The van der Waals surface area contributed by atoms with Crippen molar-refractivity contribution < 1.29 is 19.4 Å². The minimum absolute atomic E-state index is 0.123. The Kier molecular flexibility index (Phi) is 5.95. The van der Waals surface area contributed by atoms with Gasteiger partial charge in [-0.1, -0.05) is 0 Å². The fourth-order valence-corrected chi connectivity index (χ4v) is 4.14. The number of carbonyl (C=O) groups is 1. The maximum absolute atomic E-state index is 13.3. The minimum Gasteiger partial charge on any atom is -0.390 e. The number of nitrogens with one attached hydrogen (secondary N) is 2. The second-order valence-corrected chi connectivity index (χ2v) is 7.69. The van der Waals surface area contributed by atoms with Crippen molar-refractivity contribution in [3.05, 3.63) is 30.1 Å². The molecule has 5 atom stereocenters. The molecule has 0 bridgehead atoms. The Hall–Kier alpha value is -1.81. The Balaban J connectivity index is 1.87. The van der Waals surface area contributed by atoms with Gasteiger partial charge in [0.05, 0.1) is 24.1 Å². The summed E-state index contributed by atoms with van der Waals surface area (Å²) >= 11 is 5.41. The van der Waals surface area contributed by atoms with E-state index in [0.29, 0.717) is 23.9 Å². The molecule has 0 aromatic heterocycles. The third-order valence-corrected chi connectivity index (χ3v) is 5.46. The van der Waals surface area contributed by atoms with Gasteiger partial charge in [-0.25, -0.2) is 4.39 Å². The summed E-state index contributed by atoms with van der Waals surface area (Å²) in [5.74, 6) is -1.14. The first-order chi connectivity index (χ1) is 12.8. The van der Waals surface area contributed by atoms with Crippen LogP contribution >= 0.6 is 12.2 Å². The maximum atomic E-state index is 13.3. The number of hydrogen-bond donors (Lipinski definition) is 4. The van der Waals surface area contributed by atoms with Crippen LogP contribution in [0, 0.1) is 11.7 Å². The highest BCUT2D eigenvalue weighted by atomic mass is 32.1. The van der Waals surface area contributed by atoms with E-state index in [9.17, 15) is 19.4 Å². The maximum Gasteiger partial charge on any atom is 0.225 e. The zero-order valence-electron chi connectivity index (χ0n) is 15.3. The standard InChI is InChI=1S/C18H25FN4O3S/c1-22(2)8-7-20-17(26)12-9-13(24)16(25)14-15(12)23(18(27)21-14)11-5-3-10(19)4-6-11/h3-6,12-16,24-25H,7-9H2,1-2H3,(H,20,26)(H,21,27). The molecule has 7 nitrogen and oxygen atoms in total. The van der Waals surface area contributed by atoms with Gasteiger partial charge in [-0.15, -0.1) is 0 Å². The Morgan fingerprint density at radius 1 is 1.37 bits per heavy atom. The molecule has 0 spiro atoms. The molecule has 9 heteroatoms. The van der Waals surface area contributed by atoms with Gasteiger partial charge in [0.1, 0.15) is 11.9 Å². The van der Waals surface area contributed by atoms with Crippen molar-refractivity contribution in [3.8, 4) is 0 Å². The van der Waals surface area contributed by atoms with E-state index in [1.165, 1.54) is 12.1 Å². The second-order valence-electron chi connectivity index (χ2n) is 7.31. The predicted molar refractivity (Wildman–Crippen MR) is 104 cm³/mol. The third-order valence-electron chi connectivity index (χ3n) is 5.14. The third kappa shape index (κ3) is 4.06.